The van der Waals surface area contributed by atoms with Crippen LogP contribution in [0.5, 0.6) is 11.6 Å². The van der Waals surface area contributed by atoms with Crippen molar-refractivity contribution in [1.29, 1.82) is 0 Å². The van der Waals surface area contributed by atoms with Gasteiger partial charge in [0, 0.05) is 19.9 Å². The summed E-state index contributed by atoms with van der Waals surface area (Å²) in [6, 6.07) is 6.88. The van der Waals surface area contributed by atoms with E-state index in [9.17, 15) is 19.5 Å². The molecule has 0 spiro atoms. The number of hydrogen-bond acceptors (Lipinski definition) is 6. The maximum atomic E-state index is 12.5. The Bertz CT molecular complexity index is 1070. The third kappa shape index (κ3) is 4.14. The predicted octanol–water partition coefficient (Wildman–Crippen LogP) is 2.14. The van der Waals surface area contributed by atoms with E-state index in [-0.39, 0.29) is 30.1 Å². The molecule has 1 amide bonds. The Morgan fingerprint density at radius 3 is 2.57 bits per heavy atom. The molecule has 0 aliphatic carbocycles. The fraction of sp³-hybridized carbons (Fsp3) is 0.429. The molecule has 9 heteroatoms. The smallest absolute Gasteiger partial charge is 0.331 e. The van der Waals surface area contributed by atoms with E-state index >= 15 is 0 Å². The predicted molar refractivity (Wildman–Crippen MR) is 112 cm³/mol. The molecule has 0 saturated carbocycles. The van der Waals surface area contributed by atoms with Crippen molar-refractivity contribution in [1.82, 2.24) is 14.6 Å². The lowest BCUT2D eigenvalue weighted by Gasteiger charge is -2.20. The molecule has 2 N–H and O–H groups in total. The first kappa shape index (κ1) is 21.4. The van der Waals surface area contributed by atoms with E-state index in [2.05, 4.69) is 10.1 Å². The molecule has 0 unspecified atom stereocenters. The van der Waals surface area contributed by atoms with Gasteiger partial charge in [0.05, 0.1) is 18.4 Å². The van der Waals surface area contributed by atoms with E-state index in [1.165, 1.54) is 11.9 Å². The molecule has 0 saturated heterocycles. The molecule has 0 fully saturated rings. The topological polar surface area (TPSA) is 117 Å². The third-order valence-electron chi connectivity index (χ3n) is 5.00. The zero-order valence-electron chi connectivity index (χ0n) is 17.3. The maximum Gasteiger partial charge on any atom is 0.331 e. The molecule has 160 valence electrons. The first-order valence-corrected chi connectivity index (χ1v) is 10.0. The average molecular weight is 414 g/mol. The number of nitrogens with one attached hydrogen (secondary N) is 1. The Kier molecular flexibility index (Phi) is 6.39. The number of rotatable bonds is 7. The molecule has 3 rings (SSSR count). The number of hydrazone groups is 1. The van der Waals surface area contributed by atoms with Gasteiger partial charge in [-0.25, -0.2) is 9.80 Å². The van der Waals surface area contributed by atoms with E-state index in [0.29, 0.717) is 18.8 Å². The Labute approximate surface area is 173 Å². The van der Waals surface area contributed by atoms with Crippen LogP contribution in [0.25, 0.3) is 0 Å². The number of ether oxygens (including phenoxy) is 1. The molecule has 1 atom stereocenters. The van der Waals surface area contributed by atoms with Crippen LogP contribution in [0.2, 0.25) is 0 Å². The van der Waals surface area contributed by atoms with Crippen LogP contribution in [0.1, 0.15) is 57.2 Å². The van der Waals surface area contributed by atoms with Gasteiger partial charge in [0.2, 0.25) is 11.8 Å². The number of carbonyl (C=O) groups excluding carboxylic acids is 1. The second-order valence-electron chi connectivity index (χ2n) is 7.10. The first-order chi connectivity index (χ1) is 14.4. The summed E-state index contributed by atoms with van der Waals surface area (Å²) in [4.78, 5) is 39.0. The fourth-order valence-electron chi connectivity index (χ4n) is 3.51. The number of amides is 1. The summed E-state index contributed by atoms with van der Waals surface area (Å²) in [5.74, 6) is -0.00208. The van der Waals surface area contributed by atoms with Crippen LogP contribution in [-0.4, -0.2) is 37.9 Å². The van der Waals surface area contributed by atoms with Crippen LogP contribution < -0.4 is 16.0 Å². The molecule has 1 aromatic carbocycles. The highest BCUT2D eigenvalue weighted by molar-refractivity contribution is 6.04. The van der Waals surface area contributed by atoms with Crippen LogP contribution in [0.4, 0.5) is 0 Å². The lowest BCUT2D eigenvalue weighted by Crippen LogP contribution is -2.33. The molecule has 1 aromatic heterocycles. The molecule has 2 aromatic rings. The normalized spacial score (nSPS) is 15.9. The fourth-order valence-corrected chi connectivity index (χ4v) is 3.51. The maximum absolute atomic E-state index is 12.5. The van der Waals surface area contributed by atoms with Crippen molar-refractivity contribution < 1.29 is 14.6 Å². The second kappa shape index (κ2) is 8.98. The minimum atomic E-state index is -0.722. The Morgan fingerprint density at radius 2 is 1.97 bits per heavy atom. The number of aromatic amines is 1. The number of benzene rings is 1. The van der Waals surface area contributed by atoms with Crippen LogP contribution in [0.3, 0.4) is 0 Å². The molecular formula is C21H26N4O5. The van der Waals surface area contributed by atoms with Crippen molar-refractivity contribution >= 4 is 11.6 Å². The average Bonchev–Trinajstić information content (AvgIpc) is 3.14. The van der Waals surface area contributed by atoms with Gasteiger partial charge in [-0.1, -0.05) is 25.5 Å². The summed E-state index contributed by atoms with van der Waals surface area (Å²) >= 11 is 0. The standard InChI is InChI=1S/C21H26N4O5/c1-4-6-11-24-20(28)18(19(27)22-21(24)29)16-12-17(25(23-16)13(3)26)14-7-9-15(10-8-14)30-5-2/h7-10,17,28H,4-6,11-12H2,1-3H3,(H,22,27,29)/t17-/m1/s1. The minimum Gasteiger partial charge on any atom is -0.494 e. The molecule has 1 aliphatic rings. The lowest BCUT2D eigenvalue weighted by atomic mass is 9.99. The molecule has 9 nitrogen and oxygen atoms in total. The third-order valence-corrected chi connectivity index (χ3v) is 5.00. The quantitative estimate of drug-likeness (QED) is 0.720. The van der Waals surface area contributed by atoms with Gasteiger partial charge in [0.15, 0.2) is 0 Å². The van der Waals surface area contributed by atoms with Gasteiger partial charge in [0.25, 0.3) is 5.56 Å². The van der Waals surface area contributed by atoms with Crippen molar-refractivity contribution in [3.05, 3.63) is 56.2 Å². The second-order valence-corrected chi connectivity index (χ2v) is 7.10. The van der Waals surface area contributed by atoms with E-state index in [4.69, 9.17) is 4.74 Å². The van der Waals surface area contributed by atoms with Gasteiger partial charge < -0.3 is 9.84 Å². The number of carbonyl (C=O) groups is 1. The Morgan fingerprint density at radius 1 is 1.27 bits per heavy atom. The molecule has 0 radical (unpaired) electrons. The summed E-state index contributed by atoms with van der Waals surface area (Å²) in [6.07, 6.45) is 1.72. The number of hydrogen-bond donors (Lipinski definition) is 2. The summed E-state index contributed by atoms with van der Waals surface area (Å²) in [6.45, 7) is 6.07. The summed E-state index contributed by atoms with van der Waals surface area (Å²) < 4.78 is 6.59. The van der Waals surface area contributed by atoms with Gasteiger partial charge in [-0.3, -0.25) is 19.1 Å². The lowest BCUT2D eigenvalue weighted by molar-refractivity contribution is -0.130. The summed E-state index contributed by atoms with van der Waals surface area (Å²) in [7, 11) is 0. The minimum absolute atomic E-state index is 0.0783. The van der Waals surface area contributed by atoms with Crippen molar-refractivity contribution in [2.24, 2.45) is 5.10 Å². The Balaban J connectivity index is 2.00. The van der Waals surface area contributed by atoms with Gasteiger partial charge >= 0.3 is 5.69 Å². The highest BCUT2D eigenvalue weighted by Gasteiger charge is 2.34. The highest BCUT2D eigenvalue weighted by atomic mass is 16.5. The number of unbranched alkanes of at least 4 members (excludes halogenated alkanes) is 1. The largest absolute Gasteiger partial charge is 0.494 e. The van der Waals surface area contributed by atoms with Gasteiger partial charge in [-0.15, -0.1) is 0 Å². The number of H-pyrrole nitrogens is 1. The summed E-state index contributed by atoms with van der Waals surface area (Å²) in [5.41, 5.74) is -0.388. The van der Waals surface area contributed by atoms with Crippen LogP contribution in [-0.2, 0) is 11.3 Å². The van der Waals surface area contributed by atoms with Crippen LogP contribution in [0.15, 0.2) is 39.0 Å². The molecule has 0 bridgehead atoms. The first-order valence-electron chi connectivity index (χ1n) is 10.0. The van der Waals surface area contributed by atoms with E-state index in [0.717, 1.165) is 16.6 Å². The molecule has 30 heavy (non-hydrogen) atoms. The van der Waals surface area contributed by atoms with Crippen molar-refractivity contribution in [3.8, 4) is 11.6 Å². The van der Waals surface area contributed by atoms with Gasteiger partial charge in [-0.05, 0) is 31.0 Å². The number of nitrogens with zero attached hydrogens (tertiary/aromatic N) is 3. The highest BCUT2D eigenvalue weighted by Crippen LogP contribution is 2.34. The van der Waals surface area contributed by atoms with Gasteiger partial charge in [-0.2, -0.15) is 5.10 Å². The van der Waals surface area contributed by atoms with Crippen molar-refractivity contribution in [2.75, 3.05) is 6.61 Å². The monoisotopic (exact) mass is 414 g/mol. The van der Waals surface area contributed by atoms with Crippen LogP contribution in [0, 0.1) is 0 Å². The van der Waals surface area contributed by atoms with Gasteiger partial charge in [0.1, 0.15) is 11.3 Å². The SMILES string of the molecule is CCCCn1c(O)c(C2=NN(C(C)=O)[C@@H](c3ccc(OCC)cc3)C2)c(=O)[nH]c1=O. The molecular weight excluding hydrogens is 388 g/mol. The molecule has 2 heterocycles. The van der Waals surface area contributed by atoms with Crippen molar-refractivity contribution in [2.45, 2.75) is 52.6 Å². The number of aromatic hydroxyl groups is 1. The zero-order chi connectivity index (χ0) is 21.8. The zero-order valence-corrected chi connectivity index (χ0v) is 17.3. The van der Waals surface area contributed by atoms with E-state index < -0.39 is 23.2 Å². The van der Waals surface area contributed by atoms with E-state index in [1.807, 2.05) is 38.1 Å². The van der Waals surface area contributed by atoms with Crippen LogP contribution >= 0.6 is 0 Å². The summed E-state index contributed by atoms with van der Waals surface area (Å²) in [5, 5.41) is 16.3. The number of aromatic nitrogens is 2. The van der Waals surface area contributed by atoms with Crippen molar-refractivity contribution in [3.63, 3.8) is 0 Å². The Hall–Kier alpha value is -3.36. The van der Waals surface area contributed by atoms with E-state index in [1.54, 1.807) is 0 Å². The molecule has 1 aliphatic heterocycles.